The maximum Gasteiger partial charge on any atom is 0.417 e. The van der Waals surface area contributed by atoms with Crippen molar-refractivity contribution in [3.05, 3.63) is 41.2 Å². The highest BCUT2D eigenvalue weighted by Gasteiger charge is 2.39. The van der Waals surface area contributed by atoms with Crippen LogP contribution in [0.25, 0.3) is 0 Å². The second-order valence-corrected chi connectivity index (χ2v) is 8.93. The second-order valence-electron chi connectivity index (χ2n) is 8.93. The summed E-state index contributed by atoms with van der Waals surface area (Å²) in [6.07, 6.45) is -3.15. The third kappa shape index (κ3) is 4.25. The number of rotatable bonds is 5. The van der Waals surface area contributed by atoms with Gasteiger partial charge in [0.25, 0.3) is 5.91 Å². The number of alkyl halides is 3. The number of carbonyl (C=O) groups is 1. The molecular weight excluding hydrogens is 424 g/mol. The van der Waals surface area contributed by atoms with Gasteiger partial charge in [0, 0.05) is 18.4 Å². The van der Waals surface area contributed by atoms with Crippen LogP contribution in [0.15, 0.2) is 24.4 Å². The van der Waals surface area contributed by atoms with Gasteiger partial charge in [-0.15, -0.1) is 0 Å². The smallest absolute Gasteiger partial charge is 0.417 e. The Morgan fingerprint density at radius 1 is 1.28 bits per heavy atom. The monoisotopic (exact) mass is 448 g/mol. The molecule has 1 aliphatic rings. The van der Waals surface area contributed by atoms with Crippen LogP contribution < -0.4 is 10.4 Å². The first kappa shape index (κ1) is 23.8. The summed E-state index contributed by atoms with van der Waals surface area (Å²) < 4.78 is 46.9. The fourth-order valence-corrected chi connectivity index (χ4v) is 3.32. The molecule has 0 aliphatic carbocycles. The molecule has 170 valence electrons. The average molecular weight is 448 g/mol. The Labute approximate surface area is 184 Å². The first-order valence-corrected chi connectivity index (χ1v) is 10.0. The number of nitriles is 1. The number of hydrogen-bond donors (Lipinski definition) is 1. The number of amides is 1. The van der Waals surface area contributed by atoms with E-state index in [1.165, 1.54) is 17.2 Å². The molecule has 0 unspecified atom stereocenters. The number of carbonyl (C=O) groups excluding carboxylic acids is 1. The van der Waals surface area contributed by atoms with Crippen molar-refractivity contribution in [2.45, 2.75) is 58.0 Å². The quantitative estimate of drug-likeness (QED) is 0.711. The molecule has 3 rings (SSSR count). The van der Waals surface area contributed by atoms with E-state index >= 15 is 0 Å². The van der Waals surface area contributed by atoms with Crippen LogP contribution in [0, 0.1) is 11.3 Å². The van der Waals surface area contributed by atoms with Gasteiger partial charge < -0.3 is 14.7 Å². The van der Waals surface area contributed by atoms with Crippen LogP contribution >= 0.6 is 0 Å². The maximum atomic E-state index is 13.3. The zero-order chi connectivity index (χ0) is 24.1. The summed E-state index contributed by atoms with van der Waals surface area (Å²) in [5.41, 5.74) is -2.70. The molecular formula is C21H24BF3N4O3. The molecule has 7 nitrogen and oxygen atoms in total. The van der Waals surface area contributed by atoms with Gasteiger partial charge in [-0.05, 0) is 58.3 Å². The van der Waals surface area contributed by atoms with Crippen molar-refractivity contribution >= 4 is 24.5 Å². The van der Waals surface area contributed by atoms with Crippen LogP contribution in [0.5, 0.6) is 0 Å². The molecule has 1 aromatic heterocycles. The van der Waals surface area contributed by atoms with Gasteiger partial charge in [-0.3, -0.25) is 9.48 Å². The summed E-state index contributed by atoms with van der Waals surface area (Å²) in [6.45, 7) is 8.70. The number of fused-ring (bicyclic) bond motifs is 1. The van der Waals surface area contributed by atoms with Gasteiger partial charge in [0.2, 0.25) is 0 Å². The average Bonchev–Trinajstić information content (AvgIpc) is 3.12. The largest absolute Gasteiger partial charge is 0.427 e. The Bertz CT molecular complexity index is 1080. The lowest BCUT2D eigenvalue weighted by Crippen LogP contribution is -2.50. The number of hydrogen-bond acceptors (Lipinski definition) is 5. The summed E-state index contributed by atoms with van der Waals surface area (Å²) in [5.74, 6) is -0.455. The topological polar surface area (TPSA) is 91.4 Å². The minimum atomic E-state index is -4.67. The summed E-state index contributed by atoms with van der Waals surface area (Å²) >= 11 is 0. The third-order valence-corrected chi connectivity index (χ3v) is 5.99. The molecule has 11 heteroatoms. The van der Waals surface area contributed by atoms with Crippen LogP contribution in [0.4, 0.5) is 18.9 Å². The lowest BCUT2D eigenvalue weighted by Gasteiger charge is -2.37. The Balaban J connectivity index is 1.95. The van der Waals surface area contributed by atoms with Crippen molar-refractivity contribution in [3.63, 3.8) is 0 Å². The lowest BCUT2D eigenvalue weighted by atomic mass is 9.82. The van der Waals surface area contributed by atoms with Gasteiger partial charge >= 0.3 is 13.7 Å². The van der Waals surface area contributed by atoms with E-state index in [4.69, 9.17) is 4.65 Å². The van der Waals surface area contributed by atoms with E-state index in [1.54, 1.807) is 38.4 Å². The molecule has 0 spiro atoms. The number of aromatic nitrogens is 2. The van der Waals surface area contributed by atoms with Crippen LogP contribution in [0.3, 0.4) is 0 Å². The Morgan fingerprint density at radius 2 is 1.94 bits per heavy atom. The number of benzene rings is 1. The number of halogens is 3. The van der Waals surface area contributed by atoms with Crippen LogP contribution in [-0.4, -0.2) is 46.0 Å². The molecule has 0 bridgehead atoms. The summed E-state index contributed by atoms with van der Waals surface area (Å²) in [4.78, 5) is 14.6. The third-order valence-electron chi connectivity index (χ3n) is 5.99. The van der Waals surface area contributed by atoms with Gasteiger partial charge in [0.15, 0.2) is 0 Å². The fourth-order valence-electron chi connectivity index (χ4n) is 3.32. The number of nitrogens with zero attached hydrogens (tertiary/aromatic N) is 4. The molecule has 0 saturated carbocycles. The van der Waals surface area contributed by atoms with Gasteiger partial charge in [-0.2, -0.15) is 23.5 Å². The Hall–Kier alpha value is -2.84. The van der Waals surface area contributed by atoms with Crippen molar-refractivity contribution in [2.24, 2.45) is 0 Å². The second kappa shape index (κ2) is 7.94. The highest BCUT2D eigenvalue weighted by molar-refractivity contribution is 6.49. The maximum absolute atomic E-state index is 13.3. The molecule has 0 fully saturated rings. The summed E-state index contributed by atoms with van der Waals surface area (Å²) in [5, 5.41) is 23.8. The molecule has 0 radical (unpaired) electrons. The van der Waals surface area contributed by atoms with E-state index in [1.807, 2.05) is 6.92 Å². The molecule has 1 N–H and O–H groups in total. The Kier molecular flexibility index (Phi) is 5.91. The Morgan fingerprint density at radius 3 is 2.50 bits per heavy atom. The van der Waals surface area contributed by atoms with Crippen LogP contribution in [-0.2, 0) is 10.8 Å². The van der Waals surface area contributed by atoms with E-state index in [2.05, 4.69) is 5.10 Å². The van der Waals surface area contributed by atoms with Crippen molar-refractivity contribution in [2.75, 3.05) is 11.4 Å². The summed E-state index contributed by atoms with van der Waals surface area (Å²) in [7, 11) is 0.00901. The number of aliphatic hydroxyl groups is 1. The molecule has 2 aromatic rings. The first-order chi connectivity index (χ1) is 14.7. The molecule has 2 heterocycles. The van der Waals surface area contributed by atoms with Gasteiger partial charge in [0.05, 0.1) is 34.4 Å². The van der Waals surface area contributed by atoms with E-state index in [9.17, 15) is 28.3 Å². The van der Waals surface area contributed by atoms with Crippen molar-refractivity contribution in [3.8, 4) is 6.07 Å². The minimum Gasteiger partial charge on any atom is -0.427 e. The molecule has 1 atom stereocenters. The van der Waals surface area contributed by atoms with Crippen molar-refractivity contribution < 1.29 is 27.7 Å². The SMILES string of the molecule is C[C@H]1CN(c2ccc(C(F)(F)F)c(C#N)c2)C(=O)c2c(BOC(C)(C)C(C)(C)O)cnn21. The fraction of sp³-hybridized carbons (Fsp3) is 0.476. The van der Waals surface area contributed by atoms with Crippen LogP contribution in [0.2, 0.25) is 0 Å². The lowest BCUT2D eigenvalue weighted by molar-refractivity contribution is -0.137. The predicted octanol–water partition coefficient (Wildman–Crippen LogP) is 2.54. The standard InChI is InChI=1S/C21H24BF3N4O3/c1-12-11-28(14-6-7-15(21(23,24)25)13(8-14)9-26)18(30)17-16(10-27-29(12)17)22-32-20(4,5)19(2,3)31/h6-8,10,12,22,31H,11H2,1-5H3/t12-/m0/s1. The van der Waals surface area contributed by atoms with E-state index in [-0.39, 0.29) is 31.5 Å². The molecule has 0 saturated heterocycles. The predicted molar refractivity (Wildman–Crippen MR) is 113 cm³/mol. The molecule has 1 aromatic carbocycles. The molecule has 1 amide bonds. The normalized spacial score (nSPS) is 17.2. The number of anilines is 1. The highest BCUT2D eigenvalue weighted by atomic mass is 19.4. The highest BCUT2D eigenvalue weighted by Crippen LogP contribution is 2.35. The van der Waals surface area contributed by atoms with E-state index in [0.29, 0.717) is 5.46 Å². The minimum absolute atomic E-state index is 0.00901. The van der Waals surface area contributed by atoms with Gasteiger partial charge in [-0.25, -0.2) is 0 Å². The van der Waals surface area contributed by atoms with Crippen LogP contribution in [0.1, 0.15) is 62.3 Å². The van der Waals surface area contributed by atoms with Gasteiger partial charge in [-0.1, -0.05) is 0 Å². The van der Waals surface area contributed by atoms with Gasteiger partial charge in [0.1, 0.15) is 5.69 Å². The zero-order valence-corrected chi connectivity index (χ0v) is 18.5. The molecule has 1 aliphatic heterocycles. The first-order valence-electron chi connectivity index (χ1n) is 10.0. The summed E-state index contributed by atoms with van der Waals surface area (Å²) in [6, 6.07) is 4.39. The van der Waals surface area contributed by atoms with Crippen molar-refractivity contribution in [1.82, 2.24) is 9.78 Å². The van der Waals surface area contributed by atoms with Crippen molar-refractivity contribution in [1.29, 1.82) is 5.26 Å². The van der Waals surface area contributed by atoms with E-state index in [0.717, 1.165) is 12.1 Å². The molecule has 32 heavy (non-hydrogen) atoms. The van der Waals surface area contributed by atoms with E-state index < -0.39 is 34.4 Å². The zero-order valence-electron chi connectivity index (χ0n) is 18.5.